The van der Waals surface area contributed by atoms with Crippen LogP contribution in [0.25, 0.3) is 0 Å². The van der Waals surface area contributed by atoms with Crippen molar-refractivity contribution in [1.29, 1.82) is 0 Å². The smallest absolute Gasteiger partial charge is 0.193 e. The van der Waals surface area contributed by atoms with Gasteiger partial charge in [0, 0.05) is 46.2 Å². The summed E-state index contributed by atoms with van der Waals surface area (Å²) in [6, 6.07) is 11.4. The molecule has 24 heavy (non-hydrogen) atoms. The number of guanidine groups is 1. The fraction of sp³-hybridized carbons (Fsp3) is 0.389. The maximum Gasteiger partial charge on any atom is 0.193 e. The van der Waals surface area contributed by atoms with Gasteiger partial charge in [-0.2, -0.15) is 0 Å². The van der Waals surface area contributed by atoms with E-state index in [1.165, 1.54) is 0 Å². The number of aromatic hydroxyl groups is 1. The van der Waals surface area contributed by atoms with Gasteiger partial charge in [0.05, 0.1) is 12.0 Å². The third kappa shape index (κ3) is 3.82. The van der Waals surface area contributed by atoms with Crippen molar-refractivity contribution in [3.8, 4) is 5.75 Å². The first kappa shape index (κ1) is 16.2. The molecule has 1 aromatic carbocycles. The van der Waals surface area contributed by atoms with Gasteiger partial charge in [-0.3, -0.25) is 4.99 Å². The van der Waals surface area contributed by atoms with Crippen LogP contribution in [0.1, 0.15) is 5.76 Å². The molecule has 1 saturated heterocycles. The number of para-hydroxylation sites is 2. The highest BCUT2D eigenvalue weighted by Crippen LogP contribution is 2.27. The molecule has 0 radical (unpaired) electrons. The Morgan fingerprint density at radius 2 is 1.96 bits per heavy atom. The number of rotatable bonds is 4. The van der Waals surface area contributed by atoms with Gasteiger partial charge < -0.3 is 24.6 Å². The number of hydrogen-bond donors (Lipinski definition) is 2. The molecule has 0 spiro atoms. The molecule has 1 fully saturated rings. The molecule has 0 amide bonds. The Balaban J connectivity index is 1.50. The summed E-state index contributed by atoms with van der Waals surface area (Å²) in [5.41, 5.74) is 0.901. The number of benzene rings is 1. The molecule has 2 N–H and O–H groups in total. The Labute approximate surface area is 142 Å². The molecule has 1 aliphatic rings. The Hall–Kier alpha value is -2.63. The Morgan fingerprint density at radius 1 is 1.17 bits per heavy atom. The maximum atomic E-state index is 9.99. The van der Waals surface area contributed by atoms with Gasteiger partial charge in [0.15, 0.2) is 5.96 Å². The number of phenols is 1. The van der Waals surface area contributed by atoms with Crippen molar-refractivity contribution in [3.05, 3.63) is 48.4 Å². The molecule has 2 aromatic rings. The van der Waals surface area contributed by atoms with Crippen LogP contribution in [0.15, 0.2) is 52.1 Å². The van der Waals surface area contributed by atoms with Crippen LogP contribution in [0, 0.1) is 0 Å². The first-order chi connectivity index (χ1) is 11.8. The number of nitrogens with zero attached hydrogens (tertiary/aromatic N) is 3. The zero-order chi connectivity index (χ0) is 16.8. The molecule has 1 aliphatic heterocycles. The minimum absolute atomic E-state index is 0.340. The second-order valence-electron chi connectivity index (χ2n) is 5.77. The molecule has 6 heteroatoms. The molecule has 0 atom stereocenters. The Kier molecular flexibility index (Phi) is 5.25. The summed E-state index contributed by atoms with van der Waals surface area (Å²) in [4.78, 5) is 8.84. The minimum Gasteiger partial charge on any atom is -0.506 e. The number of anilines is 1. The molecule has 0 unspecified atom stereocenters. The van der Waals surface area contributed by atoms with Crippen molar-refractivity contribution in [3.63, 3.8) is 0 Å². The number of aliphatic imine (C=N–C) groups is 1. The van der Waals surface area contributed by atoms with E-state index in [0.29, 0.717) is 5.75 Å². The van der Waals surface area contributed by atoms with Gasteiger partial charge in [0.2, 0.25) is 0 Å². The highest BCUT2D eigenvalue weighted by Gasteiger charge is 2.21. The van der Waals surface area contributed by atoms with E-state index < -0.39 is 0 Å². The van der Waals surface area contributed by atoms with Crippen LogP contribution in [0.4, 0.5) is 5.69 Å². The molecule has 0 aliphatic carbocycles. The molecule has 128 valence electrons. The predicted octanol–water partition coefficient (Wildman–Crippen LogP) is 1.93. The monoisotopic (exact) mass is 328 g/mol. The van der Waals surface area contributed by atoms with E-state index in [9.17, 15) is 5.11 Å². The Morgan fingerprint density at radius 3 is 2.62 bits per heavy atom. The van der Waals surface area contributed by atoms with E-state index in [1.807, 2.05) is 37.4 Å². The zero-order valence-corrected chi connectivity index (χ0v) is 14.0. The van der Waals surface area contributed by atoms with Crippen LogP contribution in [-0.2, 0) is 6.42 Å². The van der Waals surface area contributed by atoms with E-state index in [-0.39, 0.29) is 0 Å². The highest BCUT2D eigenvalue weighted by atomic mass is 16.3. The van der Waals surface area contributed by atoms with Gasteiger partial charge in [-0.1, -0.05) is 12.1 Å². The van der Waals surface area contributed by atoms with Crippen LogP contribution in [0.3, 0.4) is 0 Å². The third-order valence-electron chi connectivity index (χ3n) is 4.25. The van der Waals surface area contributed by atoms with Crippen molar-refractivity contribution in [2.75, 3.05) is 44.7 Å². The first-order valence-electron chi connectivity index (χ1n) is 8.29. The summed E-state index contributed by atoms with van der Waals surface area (Å²) in [6.45, 7) is 4.25. The van der Waals surface area contributed by atoms with Gasteiger partial charge >= 0.3 is 0 Å². The zero-order valence-electron chi connectivity index (χ0n) is 14.0. The van der Waals surface area contributed by atoms with Crippen molar-refractivity contribution in [2.45, 2.75) is 6.42 Å². The lowest BCUT2D eigenvalue weighted by Gasteiger charge is -2.37. The summed E-state index contributed by atoms with van der Waals surface area (Å²) < 4.78 is 5.34. The number of phenolic OH excluding ortho intramolecular Hbond substituents is 1. The van der Waals surface area contributed by atoms with Crippen LogP contribution in [0.5, 0.6) is 5.75 Å². The van der Waals surface area contributed by atoms with Gasteiger partial charge in [0.25, 0.3) is 0 Å². The lowest BCUT2D eigenvalue weighted by Crippen LogP contribution is -2.52. The lowest BCUT2D eigenvalue weighted by molar-refractivity contribution is 0.369. The van der Waals surface area contributed by atoms with Crippen molar-refractivity contribution >= 4 is 11.6 Å². The predicted molar refractivity (Wildman–Crippen MR) is 95.7 cm³/mol. The topological polar surface area (TPSA) is 64.2 Å². The molecular formula is C18H24N4O2. The lowest BCUT2D eigenvalue weighted by atomic mass is 10.2. The largest absolute Gasteiger partial charge is 0.506 e. The van der Waals surface area contributed by atoms with Gasteiger partial charge in [-0.15, -0.1) is 0 Å². The Bertz CT molecular complexity index is 661. The SMILES string of the molecule is CN=C(NCCc1ccco1)N1CCN(c2ccccc2O)CC1. The van der Waals surface area contributed by atoms with Crippen LogP contribution < -0.4 is 10.2 Å². The summed E-state index contributed by atoms with van der Waals surface area (Å²) in [5, 5.41) is 13.4. The number of furan rings is 1. The van der Waals surface area contributed by atoms with Crippen LogP contribution in [0.2, 0.25) is 0 Å². The van der Waals surface area contributed by atoms with Crippen LogP contribution >= 0.6 is 0 Å². The second-order valence-corrected chi connectivity index (χ2v) is 5.77. The van der Waals surface area contributed by atoms with Crippen molar-refractivity contribution in [1.82, 2.24) is 10.2 Å². The molecule has 0 saturated carbocycles. The van der Waals surface area contributed by atoms with E-state index in [2.05, 4.69) is 20.1 Å². The minimum atomic E-state index is 0.340. The number of piperazine rings is 1. The van der Waals surface area contributed by atoms with Crippen molar-refractivity contribution < 1.29 is 9.52 Å². The van der Waals surface area contributed by atoms with Gasteiger partial charge in [-0.05, 0) is 24.3 Å². The summed E-state index contributed by atoms with van der Waals surface area (Å²) in [7, 11) is 1.81. The fourth-order valence-corrected chi connectivity index (χ4v) is 2.98. The van der Waals surface area contributed by atoms with E-state index in [1.54, 1.807) is 12.3 Å². The molecular weight excluding hydrogens is 304 g/mol. The molecule has 1 aromatic heterocycles. The molecule has 3 rings (SSSR count). The van der Waals surface area contributed by atoms with E-state index >= 15 is 0 Å². The second kappa shape index (κ2) is 7.77. The molecule has 2 heterocycles. The number of nitrogens with one attached hydrogen (secondary N) is 1. The van der Waals surface area contributed by atoms with Crippen LogP contribution in [-0.4, -0.2) is 55.7 Å². The normalized spacial score (nSPS) is 15.6. The molecule has 0 bridgehead atoms. The van der Waals surface area contributed by atoms with E-state index in [0.717, 1.165) is 56.6 Å². The first-order valence-corrected chi connectivity index (χ1v) is 8.29. The van der Waals surface area contributed by atoms with Crippen molar-refractivity contribution in [2.24, 2.45) is 4.99 Å². The van der Waals surface area contributed by atoms with Gasteiger partial charge in [0.1, 0.15) is 11.5 Å². The quantitative estimate of drug-likeness (QED) is 0.663. The number of hydrogen-bond acceptors (Lipinski definition) is 4. The summed E-state index contributed by atoms with van der Waals surface area (Å²) >= 11 is 0. The summed E-state index contributed by atoms with van der Waals surface area (Å²) in [5.74, 6) is 2.23. The maximum absolute atomic E-state index is 9.99. The molecule has 6 nitrogen and oxygen atoms in total. The third-order valence-corrected chi connectivity index (χ3v) is 4.25. The summed E-state index contributed by atoms with van der Waals surface area (Å²) in [6.07, 6.45) is 2.53. The average Bonchev–Trinajstić information content (AvgIpc) is 3.13. The fourth-order valence-electron chi connectivity index (χ4n) is 2.98. The average molecular weight is 328 g/mol. The van der Waals surface area contributed by atoms with E-state index in [4.69, 9.17) is 4.42 Å². The van der Waals surface area contributed by atoms with Gasteiger partial charge in [-0.25, -0.2) is 0 Å². The standard InChI is InChI=1S/C18H24N4O2/c1-19-18(20-9-8-15-5-4-14-24-15)22-12-10-21(11-13-22)16-6-2-3-7-17(16)23/h2-7,14,23H,8-13H2,1H3,(H,19,20). The highest BCUT2D eigenvalue weighted by molar-refractivity contribution is 5.80.